The van der Waals surface area contributed by atoms with E-state index in [2.05, 4.69) is 25.3 Å². The maximum absolute atomic E-state index is 11.6. The predicted octanol–water partition coefficient (Wildman–Crippen LogP) is 0.959. The van der Waals surface area contributed by atoms with Crippen molar-refractivity contribution in [3.05, 3.63) is 0 Å². The molecule has 0 N–H and O–H groups in total. The predicted molar refractivity (Wildman–Crippen MR) is 63.4 cm³/mol. The number of esters is 2. The number of thiol groups is 2. The lowest BCUT2D eigenvalue weighted by Crippen LogP contribution is -2.45. The van der Waals surface area contributed by atoms with Crippen LogP contribution in [0.3, 0.4) is 0 Å². The Morgan fingerprint density at radius 3 is 1.53 bits per heavy atom. The van der Waals surface area contributed by atoms with Crippen LogP contribution in [0.1, 0.15) is 13.8 Å². The highest BCUT2D eigenvalue weighted by Crippen LogP contribution is 2.25. The second kappa shape index (κ2) is 7.00. The van der Waals surface area contributed by atoms with Gasteiger partial charge in [-0.1, -0.05) is 0 Å². The molecule has 0 rings (SSSR count). The summed E-state index contributed by atoms with van der Waals surface area (Å²) in [6.07, 6.45) is 0. The lowest BCUT2D eigenvalue weighted by Gasteiger charge is -2.25. The van der Waals surface area contributed by atoms with Crippen LogP contribution in [0.4, 0.5) is 0 Å². The minimum atomic E-state index is -1.39. The number of ether oxygens (including phenoxy) is 2. The van der Waals surface area contributed by atoms with Crippen LogP contribution in [0.5, 0.6) is 0 Å². The van der Waals surface area contributed by atoms with E-state index in [0.29, 0.717) is 0 Å². The van der Waals surface area contributed by atoms with Gasteiger partial charge in [0.25, 0.3) is 0 Å². The fraction of sp³-hybridized carbons (Fsp3) is 0.778. The van der Waals surface area contributed by atoms with Gasteiger partial charge in [-0.25, -0.2) is 0 Å². The molecule has 0 aliphatic carbocycles. The molecule has 0 bridgehead atoms. The van der Waals surface area contributed by atoms with Crippen molar-refractivity contribution in [2.75, 3.05) is 24.7 Å². The number of hydrogen-bond donors (Lipinski definition) is 2. The van der Waals surface area contributed by atoms with Gasteiger partial charge in [-0.3, -0.25) is 9.59 Å². The first-order valence-corrected chi connectivity index (χ1v) is 5.91. The number of carbonyl (C=O) groups is 2. The van der Waals surface area contributed by atoms with Gasteiger partial charge in [0.15, 0.2) is 5.41 Å². The molecule has 0 aliphatic rings. The maximum Gasteiger partial charge on any atom is 0.325 e. The summed E-state index contributed by atoms with van der Waals surface area (Å²) in [5.41, 5.74) is -1.39. The summed E-state index contributed by atoms with van der Waals surface area (Å²) in [6, 6.07) is 0. The fourth-order valence-electron chi connectivity index (χ4n) is 0.930. The Balaban J connectivity index is 4.86. The molecule has 88 valence electrons. The molecule has 15 heavy (non-hydrogen) atoms. The van der Waals surface area contributed by atoms with Gasteiger partial charge in [-0.2, -0.15) is 25.3 Å². The number of hydrogen-bond acceptors (Lipinski definition) is 6. The molecule has 0 aromatic rings. The van der Waals surface area contributed by atoms with Crippen LogP contribution in [0.15, 0.2) is 0 Å². The second-order valence-electron chi connectivity index (χ2n) is 2.84. The Hall–Kier alpha value is -0.360. The van der Waals surface area contributed by atoms with Crippen molar-refractivity contribution in [2.45, 2.75) is 13.8 Å². The lowest BCUT2D eigenvalue weighted by atomic mass is 9.93. The van der Waals surface area contributed by atoms with E-state index >= 15 is 0 Å². The smallest absolute Gasteiger partial charge is 0.325 e. The maximum atomic E-state index is 11.6. The zero-order valence-corrected chi connectivity index (χ0v) is 10.6. The minimum absolute atomic E-state index is 0.0220. The van der Waals surface area contributed by atoms with Gasteiger partial charge in [0.1, 0.15) is 0 Å². The molecular weight excluding hydrogens is 236 g/mol. The van der Waals surface area contributed by atoms with Gasteiger partial charge < -0.3 is 9.47 Å². The van der Waals surface area contributed by atoms with Crippen molar-refractivity contribution in [1.82, 2.24) is 0 Å². The molecule has 0 saturated carbocycles. The summed E-state index contributed by atoms with van der Waals surface area (Å²) in [4.78, 5) is 23.2. The Kier molecular flexibility index (Phi) is 6.84. The van der Waals surface area contributed by atoms with Crippen LogP contribution in [-0.4, -0.2) is 36.7 Å². The summed E-state index contributed by atoms with van der Waals surface area (Å²) < 4.78 is 9.64. The first-order valence-electron chi connectivity index (χ1n) is 4.65. The largest absolute Gasteiger partial charge is 0.465 e. The standard InChI is InChI=1S/C9H16O4S2/c1-3-12-7(10)9(5-14,6-15)8(11)13-4-2/h14-15H,3-6H2,1-2H3. The Morgan fingerprint density at radius 2 is 1.33 bits per heavy atom. The second-order valence-corrected chi connectivity index (χ2v) is 3.47. The fourth-order valence-corrected chi connectivity index (χ4v) is 1.85. The molecule has 0 aliphatic heterocycles. The van der Waals surface area contributed by atoms with Crippen LogP contribution >= 0.6 is 25.3 Å². The Morgan fingerprint density at radius 1 is 1.00 bits per heavy atom. The van der Waals surface area contributed by atoms with E-state index in [0.717, 1.165) is 0 Å². The third-order valence-corrected chi connectivity index (χ3v) is 2.95. The molecule has 0 fully saturated rings. The highest BCUT2D eigenvalue weighted by molar-refractivity contribution is 7.81. The number of carbonyl (C=O) groups excluding carboxylic acids is 2. The van der Waals surface area contributed by atoms with Crippen molar-refractivity contribution < 1.29 is 19.1 Å². The molecule has 0 aromatic heterocycles. The van der Waals surface area contributed by atoms with E-state index in [1.807, 2.05) is 0 Å². The molecule has 0 atom stereocenters. The summed E-state index contributed by atoms with van der Waals surface area (Å²) >= 11 is 7.99. The first kappa shape index (κ1) is 14.6. The Bertz CT molecular complexity index is 206. The monoisotopic (exact) mass is 252 g/mol. The van der Waals surface area contributed by atoms with E-state index < -0.39 is 17.4 Å². The highest BCUT2D eigenvalue weighted by Gasteiger charge is 2.46. The van der Waals surface area contributed by atoms with Crippen LogP contribution < -0.4 is 0 Å². The molecule has 0 spiro atoms. The van der Waals surface area contributed by atoms with Gasteiger partial charge in [0, 0.05) is 11.5 Å². The summed E-state index contributed by atoms with van der Waals surface area (Å²) in [7, 11) is 0. The van der Waals surface area contributed by atoms with E-state index in [4.69, 9.17) is 9.47 Å². The molecular formula is C9H16O4S2. The van der Waals surface area contributed by atoms with Gasteiger partial charge in [0.05, 0.1) is 13.2 Å². The topological polar surface area (TPSA) is 52.6 Å². The quantitative estimate of drug-likeness (QED) is 0.420. The highest BCUT2D eigenvalue weighted by atomic mass is 32.1. The van der Waals surface area contributed by atoms with Crippen LogP contribution in [0, 0.1) is 5.41 Å². The Labute approximate surface area is 101 Å². The van der Waals surface area contributed by atoms with Gasteiger partial charge in [0.2, 0.25) is 0 Å². The first-order chi connectivity index (χ1) is 7.08. The van der Waals surface area contributed by atoms with Gasteiger partial charge >= 0.3 is 11.9 Å². The summed E-state index contributed by atoms with van der Waals surface area (Å²) in [5, 5.41) is 0. The van der Waals surface area contributed by atoms with E-state index in [1.165, 1.54) is 0 Å². The molecule has 0 amide bonds. The van der Waals surface area contributed by atoms with Crippen molar-refractivity contribution in [1.29, 1.82) is 0 Å². The molecule has 0 radical (unpaired) electrons. The van der Waals surface area contributed by atoms with Crippen LogP contribution in [0.2, 0.25) is 0 Å². The van der Waals surface area contributed by atoms with Crippen molar-refractivity contribution in [3.63, 3.8) is 0 Å². The van der Waals surface area contributed by atoms with Crippen molar-refractivity contribution in [2.24, 2.45) is 5.41 Å². The van der Waals surface area contributed by atoms with Crippen molar-refractivity contribution >= 4 is 37.2 Å². The molecule has 0 saturated heterocycles. The minimum Gasteiger partial charge on any atom is -0.465 e. The van der Waals surface area contributed by atoms with E-state index in [-0.39, 0.29) is 24.7 Å². The summed E-state index contributed by atoms with van der Waals surface area (Å²) in [6.45, 7) is 3.76. The van der Waals surface area contributed by atoms with E-state index in [1.54, 1.807) is 13.8 Å². The van der Waals surface area contributed by atoms with Gasteiger partial charge in [-0.05, 0) is 13.8 Å². The molecule has 6 heteroatoms. The summed E-state index contributed by atoms with van der Waals surface area (Å²) in [5.74, 6) is -1.22. The zero-order chi connectivity index (χ0) is 11.9. The van der Waals surface area contributed by atoms with Crippen LogP contribution in [0.25, 0.3) is 0 Å². The van der Waals surface area contributed by atoms with E-state index in [9.17, 15) is 9.59 Å². The molecule has 0 heterocycles. The van der Waals surface area contributed by atoms with Crippen LogP contribution in [-0.2, 0) is 19.1 Å². The third kappa shape index (κ3) is 3.31. The lowest BCUT2D eigenvalue weighted by molar-refractivity contribution is -0.168. The molecule has 0 unspecified atom stereocenters. The SMILES string of the molecule is CCOC(=O)C(CS)(CS)C(=O)OCC. The average Bonchev–Trinajstić information content (AvgIpc) is 2.21. The molecule has 4 nitrogen and oxygen atoms in total. The zero-order valence-electron chi connectivity index (χ0n) is 8.86. The van der Waals surface area contributed by atoms with Gasteiger partial charge in [-0.15, -0.1) is 0 Å². The number of rotatable bonds is 6. The van der Waals surface area contributed by atoms with Crippen molar-refractivity contribution in [3.8, 4) is 0 Å². The normalized spacial score (nSPS) is 10.9. The molecule has 0 aromatic carbocycles. The average molecular weight is 252 g/mol. The third-order valence-electron chi connectivity index (χ3n) is 1.87.